The molecule has 0 saturated carbocycles. The summed E-state index contributed by atoms with van der Waals surface area (Å²) in [5.74, 6) is 0.0723. The number of rotatable bonds is 5. The monoisotopic (exact) mass is 516 g/mol. The molecule has 0 radical (unpaired) electrons. The molecule has 6 rings (SSSR count). The third-order valence-electron chi connectivity index (χ3n) is 6.62. The molecular formula is C33H21ClO4. The lowest BCUT2D eigenvalue weighted by Gasteiger charge is -2.09. The summed E-state index contributed by atoms with van der Waals surface area (Å²) in [6, 6.07) is 29.5. The minimum absolute atomic E-state index is 0.197. The molecule has 0 saturated heterocycles. The number of hydrogen-bond donors (Lipinski definition) is 0. The molecule has 0 spiro atoms. The summed E-state index contributed by atoms with van der Waals surface area (Å²) in [5, 5.41) is 2.17. The van der Waals surface area contributed by atoms with Crippen molar-refractivity contribution in [3.63, 3.8) is 0 Å². The highest BCUT2D eigenvalue weighted by atomic mass is 35.5. The fourth-order valence-electron chi connectivity index (χ4n) is 4.68. The Hall–Kier alpha value is -4.67. The molecule has 0 amide bonds. The van der Waals surface area contributed by atoms with Gasteiger partial charge in [-0.1, -0.05) is 96.5 Å². The Kier molecular flexibility index (Phi) is 6.02. The zero-order chi connectivity index (χ0) is 26.2. The maximum atomic E-state index is 13.3. The van der Waals surface area contributed by atoms with Gasteiger partial charge in [0.15, 0.2) is 5.76 Å². The van der Waals surface area contributed by atoms with Crippen molar-refractivity contribution >= 4 is 51.5 Å². The molecule has 0 aliphatic heterocycles. The number of halogens is 1. The Morgan fingerprint density at radius 1 is 0.763 bits per heavy atom. The molecule has 0 atom stereocenters. The van der Waals surface area contributed by atoms with Crippen LogP contribution in [-0.4, -0.2) is 5.78 Å². The van der Waals surface area contributed by atoms with Crippen LogP contribution in [-0.2, 0) is 0 Å². The van der Waals surface area contributed by atoms with Crippen LogP contribution >= 0.6 is 11.6 Å². The molecule has 6 aromatic rings. The molecule has 0 bridgehead atoms. The van der Waals surface area contributed by atoms with E-state index in [-0.39, 0.29) is 11.5 Å². The third kappa shape index (κ3) is 4.25. The quantitative estimate of drug-likeness (QED) is 0.170. The molecule has 4 nitrogen and oxygen atoms in total. The van der Waals surface area contributed by atoms with E-state index in [9.17, 15) is 9.59 Å². The highest BCUT2D eigenvalue weighted by Gasteiger charge is 2.22. The largest absolute Gasteiger partial charge is 0.452 e. The number of furan rings is 1. The Balaban J connectivity index is 1.60. The Bertz CT molecular complexity index is 1900. The highest BCUT2D eigenvalue weighted by Crippen LogP contribution is 2.35. The van der Waals surface area contributed by atoms with E-state index in [1.54, 1.807) is 18.2 Å². The van der Waals surface area contributed by atoms with Gasteiger partial charge in [0.1, 0.15) is 11.2 Å². The van der Waals surface area contributed by atoms with Gasteiger partial charge in [0.25, 0.3) is 0 Å². The molecule has 0 aliphatic carbocycles. The van der Waals surface area contributed by atoms with Crippen LogP contribution in [0.2, 0.25) is 5.02 Å². The van der Waals surface area contributed by atoms with Gasteiger partial charge in [-0.05, 0) is 36.2 Å². The van der Waals surface area contributed by atoms with Crippen molar-refractivity contribution in [1.82, 2.24) is 0 Å². The second-order valence-corrected chi connectivity index (χ2v) is 9.46. The van der Waals surface area contributed by atoms with Crippen molar-refractivity contribution in [2.75, 3.05) is 0 Å². The molecule has 4 aromatic carbocycles. The number of carbonyl (C=O) groups excluding carboxylic acids is 1. The summed E-state index contributed by atoms with van der Waals surface area (Å²) in [7, 11) is 0. The number of carbonyl (C=O) groups is 1. The van der Waals surface area contributed by atoms with Crippen LogP contribution in [0.3, 0.4) is 0 Å². The van der Waals surface area contributed by atoms with E-state index in [1.165, 1.54) is 0 Å². The first-order valence-electron chi connectivity index (χ1n) is 12.1. The fraction of sp³-hybridized carbons (Fsp3) is 0.0303. The first-order chi connectivity index (χ1) is 18.5. The molecule has 0 aliphatic rings. The first-order valence-corrected chi connectivity index (χ1v) is 12.5. The molecule has 184 valence electrons. The average molecular weight is 517 g/mol. The van der Waals surface area contributed by atoms with E-state index in [2.05, 4.69) is 0 Å². The summed E-state index contributed by atoms with van der Waals surface area (Å²) in [6.45, 7) is 1.87. The van der Waals surface area contributed by atoms with Gasteiger partial charge in [-0.15, -0.1) is 0 Å². The van der Waals surface area contributed by atoms with Crippen LogP contribution in [0.25, 0.3) is 45.2 Å². The van der Waals surface area contributed by atoms with Crippen LogP contribution in [0.1, 0.15) is 32.8 Å². The minimum atomic E-state index is -0.456. The van der Waals surface area contributed by atoms with Gasteiger partial charge in [-0.3, -0.25) is 4.79 Å². The highest BCUT2D eigenvalue weighted by molar-refractivity contribution is 6.30. The van der Waals surface area contributed by atoms with E-state index in [4.69, 9.17) is 20.4 Å². The van der Waals surface area contributed by atoms with E-state index in [0.29, 0.717) is 27.3 Å². The normalized spacial score (nSPS) is 11.5. The molecule has 0 N–H and O–H groups in total. The summed E-state index contributed by atoms with van der Waals surface area (Å²) in [5.41, 5.74) is 4.55. The van der Waals surface area contributed by atoms with E-state index in [1.807, 2.05) is 97.9 Å². The maximum Gasteiger partial charge on any atom is 0.344 e. The topological polar surface area (TPSA) is 60.4 Å². The number of hydrogen-bond acceptors (Lipinski definition) is 4. The van der Waals surface area contributed by atoms with Crippen molar-refractivity contribution in [2.45, 2.75) is 6.92 Å². The average Bonchev–Trinajstić information content (AvgIpc) is 3.27. The molecule has 0 unspecified atom stereocenters. The number of benzene rings is 4. The zero-order valence-corrected chi connectivity index (χ0v) is 21.2. The lowest BCUT2D eigenvalue weighted by molar-refractivity contribution is 0.101. The van der Waals surface area contributed by atoms with Gasteiger partial charge in [0, 0.05) is 38.6 Å². The maximum absolute atomic E-state index is 13.3. The number of ketones is 1. The van der Waals surface area contributed by atoms with Crippen molar-refractivity contribution in [3.8, 4) is 11.1 Å². The van der Waals surface area contributed by atoms with Crippen LogP contribution in [0, 0.1) is 6.92 Å². The van der Waals surface area contributed by atoms with Crippen LogP contribution in [0.15, 0.2) is 111 Å². The first kappa shape index (κ1) is 23.7. The van der Waals surface area contributed by atoms with Gasteiger partial charge in [-0.2, -0.15) is 0 Å². The van der Waals surface area contributed by atoms with Crippen LogP contribution < -0.4 is 5.63 Å². The predicted octanol–water partition coefficient (Wildman–Crippen LogP) is 8.57. The minimum Gasteiger partial charge on any atom is -0.452 e. The summed E-state index contributed by atoms with van der Waals surface area (Å²) >= 11 is 6.06. The van der Waals surface area contributed by atoms with Crippen LogP contribution in [0.4, 0.5) is 0 Å². The molecule has 2 aromatic heterocycles. The van der Waals surface area contributed by atoms with E-state index < -0.39 is 5.63 Å². The smallest absolute Gasteiger partial charge is 0.344 e. The zero-order valence-electron chi connectivity index (χ0n) is 20.4. The number of aryl methyl sites for hydroxylation is 1. The summed E-state index contributed by atoms with van der Waals surface area (Å²) < 4.78 is 11.8. The second kappa shape index (κ2) is 9.66. The summed E-state index contributed by atoms with van der Waals surface area (Å²) in [4.78, 5) is 26.5. The molecular weight excluding hydrogens is 496 g/mol. The van der Waals surface area contributed by atoms with E-state index >= 15 is 0 Å². The van der Waals surface area contributed by atoms with Gasteiger partial charge >= 0.3 is 5.63 Å². The number of fused-ring (bicyclic) bond motifs is 2. The Labute approximate surface area is 223 Å². The lowest BCUT2D eigenvalue weighted by Crippen LogP contribution is -2.06. The third-order valence-corrected chi connectivity index (χ3v) is 6.87. The van der Waals surface area contributed by atoms with Crippen LogP contribution in [0.5, 0.6) is 0 Å². The van der Waals surface area contributed by atoms with Crippen molar-refractivity contribution < 1.29 is 13.6 Å². The van der Waals surface area contributed by atoms with Gasteiger partial charge in [-0.25, -0.2) is 4.79 Å². The molecule has 2 heterocycles. The lowest BCUT2D eigenvalue weighted by atomic mass is 9.96. The predicted molar refractivity (Wildman–Crippen MR) is 153 cm³/mol. The van der Waals surface area contributed by atoms with Gasteiger partial charge in [0.2, 0.25) is 5.78 Å². The molecule has 5 heteroatoms. The molecule has 38 heavy (non-hydrogen) atoms. The SMILES string of the molecule is Cc1c(C(=O)c2ccccc2)oc2cc3oc(=O)c(-c4ccccc4)c(/C=C/c4ccc(Cl)cc4)c3cc12. The van der Waals surface area contributed by atoms with Crippen molar-refractivity contribution in [1.29, 1.82) is 0 Å². The fourth-order valence-corrected chi connectivity index (χ4v) is 4.81. The van der Waals surface area contributed by atoms with Crippen molar-refractivity contribution in [3.05, 3.63) is 141 Å². The van der Waals surface area contributed by atoms with Gasteiger partial charge in [0.05, 0.1) is 5.56 Å². The Morgan fingerprint density at radius 2 is 1.42 bits per heavy atom. The molecule has 0 fully saturated rings. The van der Waals surface area contributed by atoms with Gasteiger partial charge < -0.3 is 8.83 Å². The second-order valence-electron chi connectivity index (χ2n) is 9.02. The van der Waals surface area contributed by atoms with E-state index in [0.717, 1.165) is 33.0 Å². The standard InChI is InChI=1S/C33H21ClO4/c1-20-26-18-27-25(17-14-21-12-15-24(34)16-13-21)30(22-8-4-2-5-9-22)33(36)38-29(27)19-28(26)37-32(20)31(35)23-10-6-3-7-11-23/h2-19H,1H3/b17-14+. The van der Waals surface area contributed by atoms with Crippen molar-refractivity contribution in [2.24, 2.45) is 0 Å². The summed E-state index contributed by atoms with van der Waals surface area (Å²) in [6.07, 6.45) is 3.86. The Morgan fingerprint density at radius 3 is 2.13 bits per heavy atom.